The van der Waals surface area contributed by atoms with Gasteiger partial charge in [-0.2, -0.15) is 0 Å². The van der Waals surface area contributed by atoms with Crippen molar-refractivity contribution in [3.05, 3.63) is 0 Å². The maximum atomic E-state index is 11.5. The molecule has 88 valence electrons. The molecule has 3 nitrogen and oxygen atoms in total. The highest BCUT2D eigenvalue weighted by molar-refractivity contribution is 5.76. The number of piperidine rings is 1. The molecule has 0 aromatic rings. The van der Waals surface area contributed by atoms with Gasteiger partial charge in [-0.05, 0) is 25.8 Å². The van der Waals surface area contributed by atoms with E-state index in [-0.39, 0.29) is 5.91 Å². The van der Waals surface area contributed by atoms with Crippen LogP contribution in [-0.4, -0.2) is 25.0 Å². The molecule has 0 saturated carbocycles. The molecule has 0 radical (unpaired) electrons. The van der Waals surface area contributed by atoms with E-state index in [1.807, 2.05) is 0 Å². The van der Waals surface area contributed by atoms with Crippen LogP contribution in [-0.2, 0) is 4.79 Å². The average Bonchev–Trinajstić information content (AvgIpc) is 2.26. The number of carbonyl (C=O) groups is 1. The molecule has 1 fully saturated rings. The fourth-order valence-corrected chi connectivity index (χ4v) is 1.99. The van der Waals surface area contributed by atoms with Crippen LogP contribution in [0.5, 0.6) is 0 Å². The smallest absolute Gasteiger partial charge is 0.220 e. The van der Waals surface area contributed by atoms with Crippen LogP contribution in [0.4, 0.5) is 0 Å². The van der Waals surface area contributed by atoms with Crippen molar-refractivity contribution in [2.75, 3.05) is 13.1 Å². The van der Waals surface area contributed by atoms with Crippen LogP contribution < -0.4 is 10.6 Å². The van der Waals surface area contributed by atoms with E-state index in [0.717, 1.165) is 25.9 Å². The van der Waals surface area contributed by atoms with Gasteiger partial charge in [0, 0.05) is 19.0 Å². The van der Waals surface area contributed by atoms with E-state index in [9.17, 15) is 4.79 Å². The minimum absolute atomic E-state index is 0.236. The lowest BCUT2D eigenvalue weighted by Gasteiger charge is -2.23. The molecular weight excluding hydrogens is 188 g/mol. The molecule has 0 aliphatic carbocycles. The van der Waals surface area contributed by atoms with Gasteiger partial charge < -0.3 is 10.6 Å². The second kappa shape index (κ2) is 7.69. The van der Waals surface area contributed by atoms with Crippen molar-refractivity contribution in [2.24, 2.45) is 0 Å². The molecule has 1 saturated heterocycles. The number of amides is 1. The third kappa shape index (κ3) is 5.78. The molecule has 1 amide bonds. The molecule has 1 aliphatic rings. The summed E-state index contributed by atoms with van der Waals surface area (Å²) >= 11 is 0. The van der Waals surface area contributed by atoms with Crippen LogP contribution in [0.15, 0.2) is 0 Å². The summed E-state index contributed by atoms with van der Waals surface area (Å²) in [6.45, 7) is 4.23. The van der Waals surface area contributed by atoms with Crippen molar-refractivity contribution in [1.29, 1.82) is 0 Å². The van der Waals surface area contributed by atoms with Crippen LogP contribution in [0.2, 0.25) is 0 Å². The first-order chi connectivity index (χ1) is 7.33. The van der Waals surface area contributed by atoms with E-state index >= 15 is 0 Å². The molecule has 1 rings (SSSR count). The van der Waals surface area contributed by atoms with Crippen LogP contribution in [0.25, 0.3) is 0 Å². The number of carbonyl (C=O) groups excluding carboxylic acids is 1. The fraction of sp³-hybridized carbons (Fsp3) is 0.917. The van der Waals surface area contributed by atoms with Crippen LogP contribution >= 0.6 is 0 Å². The number of unbranched alkanes of at least 4 members (excludes halogenated alkanes) is 3. The number of rotatable bonds is 6. The summed E-state index contributed by atoms with van der Waals surface area (Å²) in [4.78, 5) is 11.5. The third-order valence-corrected chi connectivity index (χ3v) is 2.92. The number of hydrogen-bond acceptors (Lipinski definition) is 2. The Labute approximate surface area is 93.0 Å². The maximum absolute atomic E-state index is 11.5. The predicted octanol–water partition coefficient (Wildman–Crippen LogP) is 1.82. The summed E-state index contributed by atoms with van der Waals surface area (Å²) in [5, 5.41) is 6.40. The fourth-order valence-electron chi connectivity index (χ4n) is 1.99. The Bertz CT molecular complexity index is 176. The zero-order valence-corrected chi connectivity index (χ0v) is 9.85. The Morgan fingerprint density at radius 2 is 2.27 bits per heavy atom. The highest BCUT2D eigenvalue weighted by Crippen LogP contribution is 2.04. The van der Waals surface area contributed by atoms with Gasteiger partial charge in [-0.3, -0.25) is 4.79 Å². The number of nitrogens with one attached hydrogen (secondary N) is 2. The third-order valence-electron chi connectivity index (χ3n) is 2.92. The van der Waals surface area contributed by atoms with Crippen molar-refractivity contribution in [1.82, 2.24) is 10.6 Å². The second-order valence-corrected chi connectivity index (χ2v) is 4.42. The normalized spacial score (nSPS) is 21.3. The Balaban J connectivity index is 2.01. The molecule has 1 atom stereocenters. The minimum atomic E-state index is 0.236. The van der Waals surface area contributed by atoms with E-state index < -0.39 is 0 Å². The Morgan fingerprint density at radius 1 is 1.40 bits per heavy atom. The van der Waals surface area contributed by atoms with Gasteiger partial charge in [0.25, 0.3) is 0 Å². The van der Waals surface area contributed by atoms with Gasteiger partial charge >= 0.3 is 0 Å². The first-order valence-corrected chi connectivity index (χ1v) is 6.33. The molecule has 0 spiro atoms. The van der Waals surface area contributed by atoms with Crippen molar-refractivity contribution in [2.45, 2.75) is 57.9 Å². The zero-order valence-electron chi connectivity index (χ0n) is 9.85. The molecule has 0 bridgehead atoms. The quantitative estimate of drug-likeness (QED) is 0.659. The van der Waals surface area contributed by atoms with Crippen molar-refractivity contribution in [3.8, 4) is 0 Å². The van der Waals surface area contributed by atoms with Crippen LogP contribution in [0.1, 0.15) is 51.9 Å². The minimum Gasteiger partial charge on any atom is -0.352 e. The van der Waals surface area contributed by atoms with E-state index in [4.69, 9.17) is 0 Å². The molecule has 0 aromatic heterocycles. The molecule has 2 N–H and O–H groups in total. The summed E-state index contributed by atoms with van der Waals surface area (Å²) in [5.41, 5.74) is 0. The summed E-state index contributed by atoms with van der Waals surface area (Å²) < 4.78 is 0. The van der Waals surface area contributed by atoms with E-state index in [0.29, 0.717) is 12.5 Å². The van der Waals surface area contributed by atoms with Gasteiger partial charge in [0.2, 0.25) is 5.91 Å². The van der Waals surface area contributed by atoms with E-state index in [1.165, 1.54) is 25.7 Å². The van der Waals surface area contributed by atoms with Crippen molar-refractivity contribution in [3.63, 3.8) is 0 Å². The molecule has 0 aromatic carbocycles. The summed E-state index contributed by atoms with van der Waals surface area (Å²) in [6.07, 6.45) is 7.73. The standard InChI is InChI=1S/C12H24N2O/c1-2-3-4-5-8-12(15)14-11-7-6-9-13-10-11/h11,13H,2-10H2,1H3,(H,14,15). The van der Waals surface area contributed by atoms with Crippen molar-refractivity contribution < 1.29 is 4.79 Å². The molecule has 1 unspecified atom stereocenters. The largest absolute Gasteiger partial charge is 0.352 e. The maximum Gasteiger partial charge on any atom is 0.220 e. The van der Waals surface area contributed by atoms with E-state index in [1.54, 1.807) is 0 Å². The predicted molar refractivity (Wildman–Crippen MR) is 62.8 cm³/mol. The Kier molecular flexibility index (Phi) is 6.41. The second-order valence-electron chi connectivity index (χ2n) is 4.42. The molecule has 1 aliphatic heterocycles. The molecular formula is C12H24N2O. The van der Waals surface area contributed by atoms with Gasteiger partial charge in [-0.25, -0.2) is 0 Å². The zero-order chi connectivity index (χ0) is 10.9. The van der Waals surface area contributed by atoms with E-state index in [2.05, 4.69) is 17.6 Å². The first kappa shape index (κ1) is 12.5. The molecule has 3 heteroatoms. The monoisotopic (exact) mass is 212 g/mol. The number of hydrogen-bond donors (Lipinski definition) is 2. The summed E-state index contributed by atoms with van der Waals surface area (Å²) in [6, 6.07) is 0.373. The highest BCUT2D eigenvalue weighted by Gasteiger charge is 2.14. The Hall–Kier alpha value is -0.570. The van der Waals surface area contributed by atoms with Gasteiger partial charge in [0.15, 0.2) is 0 Å². The highest BCUT2D eigenvalue weighted by atomic mass is 16.1. The van der Waals surface area contributed by atoms with Crippen molar-refractivity contribution >= 4 is 5.91 Å². The van der Waals surface area contributed by atoms with Crippen LogP contribution in [0, 0.1) is 0 Å². The van der Waals surface area contributed by atoms with Gasteiger partial charge in [-0.1, -0.05) is 26.2 Å². The molecule has 15 heavy (non-hydrogen) atoms. The van der Waals surface area contributed by atoms with Gasteiger partial charge in [-0.15, -0.1) is 0 Å². The van der Waals surface area contributed by atoms with Gasteiger partial charge in [0.1, 0.15) is 0 Å². The lowest BCUT2D eigenvalue weighted by Crippen LogP contribution is -2.45. The lowest BCUT2D eigenvalue weighted by atomic mass is 10.1. The van der Waals surface area contributed by atoms with Crippen LogP contribution in [0.3, 0.4) is 0 Å². The SMILES string of the molecule is CCCCCCC(=O)NC1CCCNC1. The average molecular weight is 212 g/mol. The summed E-state index contributed by atoms with van der Waals surface area (Å²) in [7, 11) is 0. The van der Waals surface area contributed by atoms with Gasteiger partial charge in [0.05, 0.1) is 0 Å². The first-order valence-electron chi connectivity index (χ1n) is 6.33. The lowest BCUT2D eigenvalue weighted by molar-refractivity contribution is -0.122. The molecule has 1 heterocycles. The topological polar surface area (TPSA) is 41.1 Å². The Morgan fingerprint density at radius 3 is 2.93 bits per heavy atom. The summed E-state index contributed by atoms with van der Waals surface area (Å²) in [5.74, 6) is 0.236.